The number of nitrogens with two attached hydrogens (primary N) is 1. The second-order valence-corrected chi connectivity index (χ2v) is 6.74. The van der Waals surface area contributed by atoms with Gasteiger partial charge in [-0.05, 0) is 24.6 Å². The van der Waals surface area contributed by atoms with Crippen molar-refractivity contribution in [3.63, 3.8) is 0 Å². The van der Waals surface area contributed by atoms with Crippen molar-refractivity contribution in [2.75, 3.05) is 13.1 Å². The lowest BCUT2D eigenvalue weighted by molar-refractivity contribution is 0.472. The molecule has 1 aliphatic heterocycles. The van der Waals surface area contributed by atoms with E-state index in [0.29, 0.717) is 24.5 Å². The van der Waals surface area contributed by atoms with Crippen molar-refractivity contribution in [3.05, 3.63) is 28.2 Å². The van der Waals surface area contributed by atoms with E-state index in [-0.39, 0.29) is 16.0 Å². The molecule has 1 atom stereocenters. The van der Waals surface area contributed by atoms with Crippen LogP contribution in [0.3, 0.4) is 0 Å². The SMILES string of the molecule is N[C@@H]1CCN(S(=O)(=O)c2ccc(Cl)cc2Cl)C1. The maximum Gasteiger partial charge on any atom is 0.244 e. The van der Waals surface area contributed by atoms with Gasteiger partial charge in [0.2, 0.25) is 10.0 Å². The molecular formula is C10H12Cl2N2O2S. The van der Waals surface area contributed by atoms with Gasteiger partial charge in [0, 0.05) is 24.2 Å². The first-order valence-electron chi connectivity index (χ1n) is 5.12. The summed E-state index contributed by atoms with van der Waals surface area (Å²) < 4.78 is 25.9. The zero-order chi connectivity index (χ0) is 12.6. The Bertz CT molecular complexity index is 533. The summed E-state index contributed by atoms with van der Waals surface area (Å²) in [5.74, 6) is 0. The summed E-state index contributed by atoms with van der Waals surface area (Å²) in [7, 11) is -3.56. The fraction of sp³-hybridized carbons (Fsp3) is 0.400. The predicted molar refractivity (Wildman–Crippen MR) is 67.8 cm³/mol. The van der Waals surface area contributed by atoms with Crippen LogP contribution in [0, 0.1) is 0 Å². The first kappa shape index (κ1) is 13.1. The van der Waals surface area contributed by atoms with Crippen LogP contribution in [0.4, 0.5) is 0 Å². The van der Waals surface area contributed by atoms with Crippen molar-refractivity contribution in [1.29, 1.82) is 0 Å². The van der Waals surface area contributed by atoms with Crippen molar-refractivity contribution < 1.29 is 8.42 Å². The summed E-state index contributed by atoms with van der Waals surface area (Å²) in [5, 5.41) is 0.546. The lowest BCUT2D eigenvalue weighted by atomic mass is 10.3. The van der Waals surface area contributed by atoms with Crippen molar-refractivity contribution in [2.24, 2.45) is 5.73 Å². The van der Waals surface area contributed by atoms with Crippen molar-refractivity contribution >= 4 is 33.2 Å². The Labute approximate surface area is 110 Å². The third-order valence-corrected chi connectivity index (χ3v) is 5.28. The molecule has 0 aliphatic carbocycles. The zero-order valence-corrected chi connectivity index (χ0v) is 11.3. The topological polar surface area (TPSA) is 63.4 Å². The van der Waals surface area contributed by atoms with E-state index in [0.717, 1.165) is 0 Å². The van der Waals surface area contributed by atoms with Gasteiger partial charge in [-0.15, -0.1) is 0 Å². The fourth-order valence-corrected chi connectivity index (χ4v) is 4.05. The molecule has 0 amide bonds. The Balaban J connectivity index is 2.38. The Hall–Kier alpha value is -0.330. The smallest absolute Gasteiger partial charge is 0.244 e. The van der Waals surface area contributed by atoms with Gasteiger partial charge >= 0.3 is 0 Å². The van der Waals surface area contributed by atoms with Crippen LogP contribution in [-0.2, 0) is 10.0 Å². The number of benzene rings is 1. The van der Waals surface area contributed by atoms with Gasteiger partial charge in [-0.25, -0.2) is 8.42 Å². The van der Waals surface area contributed by atoms with Crippen LogP contribution < -0.4 is 5.73 Å². The maximum atomic E-state index is 12.3. The van der Waals surface area contributed by atoms with E-state index in [9.17, 15) is 8.42 Å². The largest absolute Gasteiger partial charge is 0.326 e. The molecule has 0 saturated carbocycles. The molecule has 4 nitrogen and oxygen atoms in total. The number of hydrogen-bond donors (Lipinski definition) is 1. The highest BCUT2D eigenvalue weighted by Crippen LogP contribution is 2.28. The molecule has 0 aromatic heterocycles. The van der Waals surface area contributed by atoms with Gasteiger partial charge in [-0.2, -0.15) is 4.31 Å². The highest BCUT2D eigenvalue weighted by molar-refractivity contribution is 7.89. The molecule has 1 aliphatic rings. The standard InChI is InChI=1S/C10H12Cl2N2O2S/c11-7-1-2-10(9(12)5-7)17(15,16)14-4-3-8(13)6-14/h1-2,5,8H,3-4,6,13H2/t8-/m1/s1. The van der Waals surface area contributed by atoms with E-state index < -0.39 is 10.0 Å². The van der Waals surface area contributed by atoms with Gasteiger partial charge in [0.05, 0.1) is 5.02 Å². The number of hydrogen-bond acceptors (Lipinski definition) is 3. The summed E-state index contributed by atoms with van der Waals surface area (Å²) in [6.45, 7) is 0.768. The summed E-state index contributed by atoms with van der Waals surface area (Å²) in [4.78, 5) is 0.0812. The average Bonchev–Trinajstić information content (AvgIpc) is 2.64. The van der Waals surface area contributed by atoms with E-state index >= 15 is 0 Å². The third-order valence-electron chi connectivity index (χ3n) is 2.70. The zero-order valence-electron chi connectivity index (χ0n) is 8.94. The molecule has 0 radical (unpaired) electrons. The third kappa shape index (κ3) is 2.58. The van der Waals surface area contributed by atoms with E-state index in [4.69, 9.17) is 28.9 Å². The minimum atomic E-state index is -3.56. The fourth-order valence-electron chi connectivity index (χ4n) is 1.80. The Morgan fingerprint density at radius 2 is 2.06 bits per heavy atom. The monoisotopic (exact) mass is 294 g/mol. The molecule has 2 N–H and O–H groups in total. The summed E-state index contributed by atoms with van der Waals surface area (Å²) in [6, 6.07) is 4.25. The molecule has 2 rings (SSSR count). The molecule has 1 aromatic rings. The van der Waals surface area contributed by atoms with Crippen molar-refractivity contribution in [3.8, 4) is 0 Å². The van der Waals surface area contributed by atoms with Crippen molar-refractivity contribution in [1.82, 2.24) is 4.31 Å². The van der Waals surface area contributed by atoms with E-state index in [2.05, 4.69) is 0 Å². The molecule has 94 valence electrons. The second-order valence-electron chi connectivity index (χ2n) is 3.99. The molecule has 1 fully saturated rings. The summed E-state index contributed by atoms with van der Waals surface area (Å²) >= 11 is 11.6. The molecule has 1 aromatic carbocycles. The van der Waals surface area contributed by atoms with Crippen molar-refractivity contribution in [2.45, 2.75) is 17.4 Å². The molecule has 0 spiro atoms. The predicted octanol–water partition coefficient (Wildman–Crippen LogP) is 1.72. The first-order chi connectivity index (χ1) is 7.91. The summed E-state index contributed by atoms with van der Waals surface area (Å²) in [6.07, 6.45) is 0.671. The van der Waals surface area contributed by atoms with Gasteiger partial charge in [-0.3, -0.25) is 0 Å². The van der Waals surface area contributed by atoms with Gasteiger partial charge < -0.3 is 5.73 Å². The molecule has 0 bridgehead atoms. The normalized spacial score (nSPS) is 21.9. The second kappa shape index (κ2) is 4.74. The Kier molecular flexibility index (Phi) is 3.66. The first-order valence-corrected chi connectivity index (χ1v) is 7.31. The molecule has 17 heavy (non-hydrogen) atoms. The Morgan fingerprint density at radius 1 is 1.35 bits per heavy atom. The average molecular weight is 295 g/mol. The van der Waals surface area contributed by atoms with Crippen LogP contribution in [0.25, 0.3) is 0 Å². The number of rotatable bonds is 2. The van der Waals surface area contributed by atoms with Crippen LogP contribution in [0.1, 0.15) is 6.42 Å². The number of sulfonamides is 1. The maximum absolute atomic E-state index is 12.3. The molecule has 1 saturated heterocycles. The quantitative estimate of drug-likeness (QED) is 0.903. The lowest BCUT2D eigenvalue weighted by Crippen LogP contribution is -2.32. The molecule has 1 heterocycles. The number of nitrogens with zero attached hydrogens (tertiary/aromatic N) is 1. The van der Waals surface area contributed by atoms with Gasteiger partial charge in [0.1, 0.15) is 4.90 Å². The molecular weight excluding hydrogens is 283 g/mol. The van der Waals surface area contributed by atoms with Gasteiger partial charge in [0.15, 0.2) is 0 Å². The summed E-state index contributed by atoms with van der Waals surface area (Å²) in [5.41, 5.74) is 5.70. The highest BCUT2D eigenvalue weighted by atomic mass is 35.5. The lowest BCUT2D eigenvalue weighted by Gasteiger charge is -2.16. The van der Waals surface area contributed by atoms with Crippen LogP contribution >= 0.6 is 23.2 Å². The van der Waals surface area contributed by atoms with E-state index in [1.54, 1.807) is 0 Å². The molecule has 0 unspecified atom stereocenters. The minimum Gasteiger partial charge on any atom is -0.326 e. The van der Waals surface area contributed by atoms with Crippen LogP contribution in [0.2, 0.25) is 10.0 Å². The van der Waals surface area contributed by atoms with Gasteiger partial charge in [0.25, 0.3) is 0 Å². The Morgan fingerprint density at radius 3 is 2.59 bits per heavy atom. The van der Waals surface area contributed by atoms with Crippen LogP contribution in [0.5, 0.6) is 0 Å². The highest BCUT2D eigenvalue weighted by Gasteiger charge is 2.32. The minimum absolute atomic E-state index is 0.0812. The van der Waals surface area contributed by atoms with Gasteiger partial charge in [-0.1, -0.05) is 23.2 Å². The van der Waals surface area contributed by atoms with E-state index in [1.807, 2.05) is 0 Å². The number of halogens is 2. The van der Waals surface area contributed by atoms with E-state index in [1.165, 1.54) is 22.5 Å². The van der Waals surface area contributed by atoms with Crippen LogP contribution in [0.15, 0.2) is 23.1 Å². The molecule has 7 heteroatoms. The van der Waals surface area contributed by atoms with Crippen LogP contribution in [-0.4, -0.2) is 31.9 Å².